The van der Waals surface area contributed by atoms with Crippen molar-refractivity contribution in [2.24, 2.45) is 0 Å². The first-order chi connectivity index (χ1) is 8.72. The Labute approximate surface area is 139 Å². The molecular weight excluding hydrogens is 354 g/mol. The summed E-state index contributed by atoms with van der Waals surface area (Å²) in [6.45, 7) is 0. The fourth-order valence-corrected chi connectivity index (χ4v) is 14.2. The van der Waals surface area contributed by atoms with Crippen LogP contribution >= 0.6 is 33.0 Å². The average molecular weight is 378 g/mol. The van der Waals surface area contributed by atoms with Crippen molar-refractivity contribution in [2.45, 2.75) is 19.9 Å². The fourth-order valence-electron chi connectivity index (χ4n) is 3.47. The molecule has 4 heteroatoms. The minimum atomic E-state index is -3.48. The second-order valence-corrected chi connectivity index (χ2v) is 26.7. The minimum absolute atomic E-state index is 0. The second kappa shape index (κ2) is 5.22. The third-order valence-corrected chi connectivity index (χ3v) is 19.5. The summed E-state index contributed by atoms with van der Waals surface area (Å²) < 4.78 is 2.11. The molecule has 2 unspecified atom stereocenters. The van der Waals surface area contributed by atoms with Crippen molar-refractivity contribution in [1.82, 2.24) is 0 Å². The molecule has 1 aliphatic rings. The molecular formula is C17H24Cl2PTi. The number of fused-ring (bicyclic) bond motifs is 1. The van der Waals surface area contributed by atoms with Crippen LogP contribution in [0.1, 0.15) is 15.3 Å². The van der Waals surface area contributed by atoms with Crippen molar-refractivity contribution in [3.8, 4) is 0 Å². The molecule has 0 N–H and O–H groups in total. The fraction of sp³-hybridized carbons (Fsp3) is 0.235. The Bertz CT molecular complexity index is 752. The number of hydrogen-bond acceptors (Lipinski definition) is 0. The third kappa shape index (κ3) is 2.90. The Morgan fingerprint density at radius 3 is 2.29 bits per heavy atom. The van der Waals surface area contributed by atoms with Gasteiger partial charge in [-0.25, -0.2) is 0 Å². The quantitative estimate of drug-likeness (QED) is 0.584. The Hall–Kier alpha value is -0.0957. The predicted molar refractivity (Wildman–Crippen MR) is 103 cm³/mol. The Kier molecular flexibility index (Phi) is 4.71. The van der Waals surface area contributed by atoms with Gasteiger partial charge in [-0.05, 0) is 0 Å². The van der Waals surface area contributed by atoms with Crippen molar-refractivity contribution in [3.63, 3.8) is 0 Å². The monoisotopic (exact) mass is 377 g/mol. The van der Waals surface area contributed by atoms with Crippen molar-refractivity contribution in [1.29, 1.82) is 0 Å². The second-order valence-electron chi connectivity index (χ2n) is 8.25. The SMILES string of the molecule is Cl.Cl.[CH2]=[Ti]([CH3])([CH3])([CH3])([c]1ccc[pH]1)[CH]1C=Cc2ccccc21. The molecule has 0 amide bonds. The summed E-state index contributed by atoms with van der Waals surface area (Å²) in [5.41, 5.74) is 2.86. The maximum absolute atomic E-state index is 4.93. The number of benzene rings is 1. The molecule has 1 aromatic heterocycles. The molecule has 0 spiro atoms. The summed E-state index contributed by atoms with van der Waals surface area (Å²) in [6, 6.07) is 13.3. The molecule has 0 aliphatic heterocycles. The summed E-state index contributed by atoms with van der Waals surface area (Å²) in [6.07, 6.45) is 4.70. The summed E-state index contributed by atoms with van der Waals surface area (Å²) >= 11 is -3.48. The summed E-state index contributed by atoms with van der Waals surface area (Å²) in [7, 11) is 0.825. The standard InChI is InChI=1S/C9H7.C4H4P.3CH3.CH2.2ClH.Ti/c1-2-5-9-7-3-6-8(9)4-1;1-2-4-5-3-1;;;;;;;/h1-7H;1-3,5H;3*1H3;1H2;2*1H;. The van der Waals surface area contributed by atoms with Gasteiger partial charge in [-0.1, -0.05) is 0 Å². The normalized spacial score (nSPS) is 20.0. The van der Waals surface area contributed by atoms with Crippen LogP contribution in [0.25, 0.3) is 6.08 Å². The van der Waals surface area contributed by atoms with E-state index in [0.29, 0.717) is 4.22 Å². The van der Waals surface area contributed by atoms with Crippen molar-refractivity contribution < 1.29 is 13.6 Å². The first-order valence-corrected chi connectivity index (χ1v) is 15.5. The molecule has 21 heavy (non-hydrogen) atoms. The van der Waals surface area contributed by atoms with Gasteiger partial charge in [0.15, 0.2) is 0 Å². The van der Waals surface area contributed by atoms with E-state index in [1.54, 1.807) is 3.60 Å². The Morgan fingerprint density at radius 1 is 1.00 bits per heavy atom. The number of rotatable bonds is 2. The number of hydrogen-bond donors (Lipinski definition) is 0. The van der Waals surface area contributed by atoms with Crippen LogP contribution < -0.4 is 3.60 Å². The molecule has 1 aromatic carbocycles. The Morgan fingerprint density at radius 2 is 1.67 bits per heavy atom. The van der Waals surface area contributed by atoms with Crippen molar-refractivity contribution in [3.05, 3.63) is 59.4 Å². The molecule has 115 valence electrons. The number of halogens is 2. The van der Waals surface area contributed by atoms with Gasteiger partial charge in [0.05, 0.1) is 0 Å². The first-order valence-electron chi connectivity index (χ1n) is 6.96. The Balaban J connectivity index is 0.00000110. The topological polar surface area (TPSA) is 0 Å². The first kappa shape index (κ1) is 19.0. The molecule has 0 radical (unpaired) electrons. The molecule has 0 fully saturated rings. The molecule has 0 bridgehead atoms. The van der Waals surface area contributed by atoms with Gasteiger partial charge in [0.1, 0.15) is 0 Å². The van der Waals surface area contributed by atoms with Crippen LogP contribution in [0, 0.1) is 0 Å². The molecule has 0 saturated heterocycles. The maximum atomic E-state index is 4.93. The van der Waals surface area contributed by atoms with Gasteiger partial charge < -0.3 is 0 Å². The summed E-state index contributed by atoms with van der Waals surface area (Å²) in [5, 5.41) is 7.47. The van der Waals surface area contributed by atoms with Gasteiger partial charge in [-0.3, -0.25) is 0 Å². The average Bonchev–Trinajstić information content (AvgIpc) is 2.98. The van der Waals surface area contributed by atoms with E-state index in [4.69, 9.17) is 4.82 Å². The number of allylic oxidation sites excluding steroid dienone is 1. The molecule has 3 rings (SSSR count). The molecule has 2 aromatic rings. The summed E-state index contributed by atoms with van der Waals surface area (Å²) in [5.74, 6) is 2.30. The van der Waals surface area contributed by atoms with Crippen LogP contribution in [-0.4, -0.2) is 4.82 Å². The summed E-state index contributed by atoms with van der Waals surface area (Å²) in [4.78, 5) is 4.93. The van der Waals surface area contributed by atoms with Gasteiger partial charge in [0, 0.05) is 0 Å². The molecule has 0 nitrogen and oxygen atoms in total. The van der Waals surface area contributed by atoms with Crippen LogP contribution in [0.3, 0.4) is 0 Å². The van der Waals surface area contributed by atoms with Gasteiger partial charge >= 0.3 is 116 Å². The molecule has 0 saturated carbocycles. The van der Waals surface area contributed by atoms with Gasteiger partial charge in [0.25, 0.3) is 0 Å². The predicted octanol–water partition coefficient (Wildman–Crippen LogP) is 5.76. The van der Waals surface area contributed by atoms with Gasteiger partial charge in [0.2, 0.25) is 0 Å². The van der Waals surface area contributed by atoms with E-state index in [9.17, 15) is 0 Å². The zero-order chi connectivity index (χ0) is 13.8. The van der Waals surface area contributed by atoms with Crippen molar-refractivity contribution in [2.75, 3.05) is 0 Å². The van der Waals surface area contributed by atoms with E-state index in [1.807, 2.05) is 0 Å². The van der Waals surface area contributed by atoms with Crippen LogP contribution in [0.2, 0.25) is 15.7 Å². The zero-order valence-electron chi connectivity index (χ0n) is 12.8. The van der Waals surface area contributed by atoms with E-state index in [1.165, 1.54) is 11.1 Å². The van der Waals surface area contributed by atoms with Crippen molar-refractivity contribution >= 4 is 47.5 Å². The van der Waals surface area contributed by atoms with E-state index < -0.39 is 13.6 Å². The van der Waals surface area contributed by atoms with E-state index >= 15 is 0 Å². The van der Waals surface area contributed by atoms with Gasteiger partial charge in [-0.2, -0.15) is 0 Å². The van der Waals surface area contributed by atoms with Crippen LogP contribution in [-0.2, 0) is 13.6 Å². The molecule has 2 atom stereocenters. The van der Waals surface area contributed by atoms with E-state index in [2.05, 4.69) is 70.0 Å². The molecule has 1 aliphatic carbocycles. The zero-order valence-corrected chi connectivity index (χ0v) is 17.0. The van der Waals surface area contributed by atoms with E-state index in [0.717, 1.165) is 8.19 Å². The van der Waals surface area contributed by atoms with Crippen LogP contribution in [0.5, 0.6) is 0 Å². The van der Waals surface area contributed by atoms with Gasteiger partial charge in [-0.15, -0.1) is 24.8 Å². The van der Waals surface area contributed by atoms with Crippen LogP contribution in [0.4, 0.5) is 0 Å². The molecule has 1 heterocycles. The third-order valence-electron chi connectivity index (χ3n) is 4.86. The van der Waals surface area contributed by atoms with Crippen LogP contribution in [0.15, 0.2) is 48.3 Å². The van der Waals surface area contributed by atoms with E-state index in [-0.39, 0.29) is 24.8 Å².